The van der Waals surface area contributed by atoms with Crippen LogP contribution in [0.2, 0.25) is 5.02 Å². The number of aryl methyl sites for hydroxylation is 2. The quantitative estimate of drug-likeness (QED) is 0.862. The van der Waals surface area contributed by atoms with Crippen molar-refractivity contribution in [3.05, 3.63) is 57.9 Å². The number of hydrogen-bond acceptors (Lipinski definition) is 1. The molecule has 0 aliphatic carbocycles. The SMILES string of the molecule is Cc1cc(F)cc(C)c1-c1cc(Cl)ccc1CN. The lowest BCUT2D eigenvalue weighted by atomic mass is 9.92. The van der Waals surface area contributed by atoms with E-state index < -0.39 is 0 Å². The first kappa shape index (κ1) is 13.1. The summed E-state index contributed by atoms with van der Waals surface area (Å²) in [5, 5.41) is 0.658. The second-order valence-corrected chi connectivity index (χ2v) is 4.86. The lowest BCUT2D eigenvalue weighted by Gasteiger charge is -2.14. The van der Waals surface area contributed by atoms with Gasteiger partial charge in [-0.15, -0.1) is 0 Å². The van der Waals surface area contributed by atoms with Gasteiger partial charge in [0, 0.05) is 11.6 Å². The van der Waals surface area contributed by atoms with Crippen LogP contribution in [0.3, 0.4) is 0 Å². The van der Waals surface area contributed by atoms with Gasteiger partial charge in [0.25, 0.3) is 0 Å². The fourth-order valence-electron chi connectivity index (χ4n) is 2.29. The number of nitrogens with two attached hydrogens (primary N) is 1. The summed E-state index contributed by atoms with van der Waals surface area (Å²) in [7, 11) is 0. The Morgan fingerprint density at radius 3 is 2.28 bits per heavy atom. The Kier molecular flexibility index (Phi) is 3.69. The highest BCUT2D eigenvalue weighted by Gasteiger charge is 2.11. The minimum atomic E-state index is -0.218. The Hall–Kier alpha value is -1.38. The molecule has 0 aliphatic rings. The Morgan fingerprint density at radius 2 is 1.72 bits per heavy atom. The Morgan fingerprint density at radius 1 is 1.11 bits per heavy atom. The third kappa shape index (κ3) is 2.40. The molecule has 2 rings (SSSR count). The van der Waals surface area contributed by atoms with Crippen LogP contribution in [0, 0.1) is 19.7 Å². The molecule has 0 amide bonds. The topological polar surface area (TPSA) is 26.0 Å². The van der Waals surface area contributed by atoms with Gasteiger partial charge in [0.1, 0.15) is 5.82 Å². The van der Waals surface area contributed by atoms with Crippen molar-refractivity contribution in [2.75, 3.05) is 0 Å². The van der Waals surface area contributed by atoms with Crippen molar-refractivity contribution in [2.24, 2.45) is 5.73 Å². The maximum absolute atomic E-state index is 13.3. The Bertz CT molecular complexity index is 570. The standard InChI is InChI=1S/C15H15ClFN/c1-9-5-13(17)6-10(2)15(9)14-7-12(16)4-3-11(14)8-18/h3-7H,8,18H2,1-2H3. The predicted molar refractivity (Wildman–Crippen MR) is 74.2 cm³/mol. The van der Waals surface area contributed by atoms with Crippen molar-refractivity contribution in [1.29, 1.82) is 0 Å². The number of halogens is 2. The summed E-state index contributed by atoms with van der Waals surface area (Å²) >= 11 is 6.04. The molecule has 18 heavy (non-hydrogen) atoms. The van der Waals surface area contributed by atoms with Gasteiger partial charge in [0.05, 0.1) is 0 Å². The first-order chi connectivity index (χ1) is 8.52. The zero-order valence-corrected chi connectivity index (χ0v) is 11.2. The van der Waals surface area contributed by atoms with Gasteiger partial charge >= 0.3 is 0 Å². The first-order valence-corrected chi connectivity index (χ1v) is 6.16. The van der Waals surface area contributed by atoms with Gasteiger partial charge in [-0.25, -0.2) is 4.39 Å². The van der Waals surface area contributed by atoms with E-state index in [4.69, 9.17) is 17.3 Å². The molecule has 0 atom stereocenters. The second kappa shape index (κ2) is 5.09. The Labute approximate surface area is 111 Å². The average Bonchev–Trinajstić information content (AvgIpc) is 2.28. The minimum absolute atomic E-state index is 0.218. The van der Waals surface area contributed by atoms with Crippen LogP contribution in [0.15, 0.2) is 30.3 Å². The zero-order chi connectivity index (χ0) is 13.3. The van der Waals surface area contributed by atoms with Crippen LogP contribution in [0.1, 0.15) is 16.7 Å². The fraction of sp³-hybridized carbons (Fsp3) is 0.200. The molecule has 0 saturated heterocycles. The number of benzene rings is 2. The van der Waals surface area contributed by atoms with Crippen molar-refractivity contribution in [2.45, 2.75) is 20.4 Å². The molecule has 0 fully saturated rings. The van der Waals surface area contributed by atoms with E-state index in [0.717, 1.165) is 27.8 Å². The van der Waals surface area contributed by atoms with Gasteiger partial charge < -0.3 is 5.73 Å². The van der Waals surface area contributed by atoms with E-state index in [0.29, 0.717) is 11.6 Å². The van der Waals surface area contributed by atoms with Crippen LogP contribution < -0.4 is 5.73 Å². The van der Waals surface area contributed by atoms with E-state index in [1.165, 1.54) is 12.1 Å². The largest absolute Gasteiger partial charge is 0.326 e. The molecule has 2 N–H and O–H groups in total. The van der Waals surface area contributed by atoms with Gasteiger partial charge in [-0.3, -0.25) is 0 Å². The smallest absolute Gasteiger partial charge is 0.123 e. The van der Waals surface area contributed by atoms with E-state index in [-0.39, 0.29) is 5.82 Å². The second-order valence-electron chi connectivity index (χ2n) is 4.42. The van der Waals surface area contributed by atoms with Crippen molar-refractivity contribution in [3.63, 3.8) is 0 Å². The summed E-state index contributed by atoms with van der Waals surface area (Å²) in [6.45, 7) is 4.22. The molecule has 0 radical (unpaired) electrons. The third-order valence-electron chi connectivity index (χ3n) is 3.06. The zero-order valence-electron chi connectivity index (χ0n) is 10.4. The molecule has 2 aromatic rings. The average molecular weight is 264 g/mol. The third-order valence-corrected chi connectivity index (χ3v) is 3.29. The van der Waals surface area contributed by atoms with Crippen LogP contribution in [0.5, 0.6) is 0 Å². The summed E-state index contributed by atoms with van der Waals surface area (Å²) in [5.41, 5.74) is 10.5. The monoisotopic (exact) mass is 263 g/mol. The Balaban J connectivity index is 2.72. The fourth-order valence-corrected chi connectivity index (χ4v) is 2.47. The molecule has 0 saturated carbocycles. The maximum Gasteiger partial charge on any atom is 0.123 e. The molecule has 94 valence electrons. The van der Waals surface area contributed by atoms with Crippen molar-refractivity contribution < 1.29 is 4.39 Å². The summed E-state index contributed by atoms with van der Waals surface area (Å²) in [6.07, 6.45) is 0. The lowest BCUT2D eigenvalue weighted by molar-refractivity contribution is 0.625. The highest BCUT2D eigenvalue weighted by Crippen LogP contribution is 2.32. The van der Waals surface area contributed by atoms with Crippen LogP contribution in [0.4, 0.5) is 4.39 Å². The molecular weight excluding hydrogens is 249 g/mol. The lowest BCUT2D eigenvalue weighted by Crippen LogP contribution is -2.01. The van der Waals surface area contributed by atoms with Crippen molar-refractivity contribution >= 4 is 11.6 Å². The highest BCUT2D eigenvalue weighted by molar-refractivity contribution is 6.30. The van der Waals surface area contributed by atoms with E-state index in [1.54, 1.807) is 0 Å². The number of hydrogen-bond donors (Lipinski definition) is 1. The van der Waals surface area contributed by atoms with Gasteiger partial charge in [-0.2, -0.15) is 0 Å². The minimum Gasteiger partial charge on any atom is -0.326 e. The number of rotatable bonds is 2. The summed E-state index contributed by atoms with van der Waals surface area (Å²) in [4.78, 5) is 0. The van der Waals surface area contributed by atoms with Gasteiger partial charge in [-0.1, -0.05) is 17.7 Å². The molecule has 0 aromatic heterocycles. The molecule has 2 aromatic carbocycles. The van der Waals surface area contributed by atoms with Gasteiger partial charge in [0.15, 0.2) is 0 Å². The predicted octanol–water partition coefficient (Wildman–Crippen LogP) is 4.22. The van der Waals surface area contributed by atoms with Crippen LogP contribution in [-0.2, 0) is 6.54 Å². The summed E-state index contributed by atoms with van der Waals surface area (Å²) in [6, 6.07) is 8.69. The maximum atomic E-state index is 13.3. The first-order valence-electron chi connectivity index (χ1n) is 5.78. The van der Waals surface area contributed by atoms with Crippen molar-refractivity contribution in [3.8, 4) is 11.1 Å². The summed E-state index contributed by atoms with van der Waals surface area (Å²) < 4.78 is 13.3. The van der Waals surface area contributed by atoms with Crippen molar-refractivity contribution in [1.82, 2.24) is 0 Å². The van der Waals surface area contributed by atoms with Crippen LogP contribution in [0.25, 0.3) is 11.1 Å². The molecule has 0 bridgehead atoms. The van der Waals surface area contributed by atoms with E-state index in [1.807, 2.05) is 32.0 Å². The van der Waals surface area contributed by atoms with Gasteiger partial charge in [-0.05, 0) is 65.9 Å². The normalized spacial score (nSPS) is 10.7. The molecule has 0 spiro atoms. The van der Waals surface area contributed by atoms with E-state index in [2.05, 4.69) is 0 Å². The molecule has 0 heterocycles. The molecule has 3 heteroatoms. The van der Waals surface area contributed by atoms with Crippen LogP contribution >= 0.6 is 11.6 Å². The molecule has 0 aliphatic heterocycles. The van der Waals surface area contributed by atoms with E-state index in [9.17, 15) is 4.39 Å². The van der Waals surface area contributed by atoms with E-state index >= 15 is 0 Å². The highest BCUT2D eigenvalue weighted by atomic mass is 35.5. The van der Waals surface area contributed by atoms with Crippen LogP contribution in [-0.4, -0.2) is 0 Å². The summed E-state index contributed by atoms with van der Waals surface area (Å²) in [5.74, 6) is -0.218. The molecule has 1 nitrogen and oxygen atoms in total. The molecule has 0 unspecified atom stereocenters. The van der Waals surface area contributed by atoms with Gasteiger partial charge in [0.2, 0.25) is 0 Å². The molecular formula is C15H15ClFN.